The molecule has 0 aliphatic heterocycles. The fourth-order valence-electron chi connectivity index (χ4n) is 2.18. The maximum absolute atomic E-state index is 11.8. The monoisotopic (exact) mass is 370 g/mol. The van der Waals surface area contributed by atoms with E-state index < -0.39 is 10.9 Å². The second kappa shape index (κ2) is 7.70. The molecule has 26 heavy (non-hydrogen) atoms. The van der Waals surface area contributed by atoms with Crippen LogP contribution in [0.25, 0.3) is 16.6 Å². The van der Waals surface area contributed by atoms with E-state index in [-0.39, 0.29) is 12.3 Å². The molecule has 2 aromatic heterocycles. The summed E-state index contributed by atoms with van der Waals surface area (Å²) in [7, 11) is 1.82. The first-order chi connectivity index (χ1) is 12.5. The molecule has 2 heterocycles. The molecule has 1 aromatic carbocycles. The summed E-state index contributed by atoms with van der Waals surface area (Å²) >= 11 is 1.43. The number of nitro benzene ring substituents is 1. The van der Waals surface area contributed by atoms with E-state index in [0.717, 1.165) is 16.6 Å². The Morgan fingerprint density at radius 2 is 2.23 bits per heavy atom. The van der Waals surface area contributed by atoms with Crippen molar-refractivity contribution in [3.05, 3.63) is 69.5 Å². The van der Waals surface area contributed by atoms with Gasteiger partial charge in [0.05, 0.1) is 22.4 Å². The van der Waals surface area contributed by atoms with Crippen molar-refractivity contribution in [2.75, 3.05) is 0 Å². The summed E-state index contributed by atoms with van der Waals surface area (Å²) in [5, 5.41) is 17.6. The summed E-state index contributed by atoms with van der Waals surface area (Å²) < 4.78 is 6.82. The van der Waals surface area contributed by atoms with E-state index >= 15 is 0 Å². The van der Waals surface area contributed by atoms with Crippen LogP contribution in [-0.2, 0) is 23.2 Å². The summed E-state index contributed by atoms with van der Waals surface area (Å²) in [6, 6.07) is 6.16. The van der Waals surface area contributed by atoms with Crippen LogP contribution in [0.15, 0.2) is 48.1 Å². The Hall–Kier alpha value is -3.33. The van der Waals surface area contributed by atoms with Crippen LogP contribution < -0.4 is 0 Å². The van der Waals surface area contributed by atoms with Crippen LogP contribution in [0.5, 0.6) is 0 Å². The van der Waals surface area contributed by atoms with Crippen molar-refractivity contribution in [3.8, 4) is 10.6 Å². The lowest BCUT2D eigenvalue weighted by Crippen LogP contribution is -2.01. The molecular formula is C17H14N4O4S. The highest BCUT2D eigenvalue weighted by Crippen LogP contribution is 2.23. The Kier molecular flexibility index (Phi) is 5.18. The third-order valence-electron chi connectivity index (χ3n) is 3.40. The number of nitrogens with zero attached hydrogens (tertiary/aromatic N) is 4. The predicted molar refractivity (Wildman–Crippen MR) is 96.2 cm³/mol. The quantitative estimate of drug-likeness (QED) is 0.286. The number of thiazole rings is 1. The van der Waals surface area contributed by atoms with Crippen LogP contribution in [0, 0.1) is 10.1 Å². The number of aromatic nitrogens is 3. The Bertz CT molecular complexity index is 977. The van der Waals surface area contributed by atoms with E-state index in [2.05, 4.69) is 10.1 Å². The zero-order valence-corrected chi connectivity index (χ0v) is 14.5. The third kappa shape index (κ3) is 4.19. The Morgan fingerprint density at radius 3 is 2.96 bits per heavy atom. The second-order valence-electron chi connectivity index (χ2n) is 5.30. The van der Waals surface area contributed by atoms with Crippen molar-refractivity contribution in [3.63, 3.8) is 0 Å². The molecule has 0 aliphatic carbocycles. The standard InChI is InChI=1S/C17H14N4O4S/c1-20-9-13(8-18-20)17-19-14(11-26-17)10-25-16(22)7-6-12-4-2-3-5-15(12)21(23)24/h2-9,11H,10H2,1H3. The van der Waals surface area contributed by atoms with Gasteiger partial charge in [-0.15, -0.1) is 11.3 Å². The minimum atomic E-state index is -0.598. The van der Waals surface area contributed by atoms with Crippen LogP contribution in [0.1, 0.15) is 11.3 Å². The van der Waals surface area contributed by atoms with E-state index in [4.69, 9.17) is 4.74 Å². The zero-order chi connectivity index (χ0) is 18.5. The maximum atomic E-state index is 11.8. The summed E-state index contributed by atoms with van der Waals surface area (Å²) in [6.45, 7) is 0.0246. The number of rotatable bonds is 6. The van der Waals surface area contributed by atoms with E-state index in [9.17, 15) is 14.9 Å². The molecule has 0 fully saturated rings. The zero-order valence-electron chi connectivity index (χ0n) is 13.7. The van der Waals surface area contributed by atoms with Gasteiger partial charge in [0.1, 0.15) is 11.6 Å². The lowest BCUT2D eigenvalue weighted by Gasteiger charge is -1.99. The molecule has 3 aromatic rings. The number of carbonyl (C=O) groups excluding carboxylic acids is 1. The average molecular weight is 370 g/mol. The molecule has 0 N–H and O–H groups in total. The minimum Gasteiger partial charge on any atom is -0.456 e. The molecule has 0 amide bonds. The number of benzene rings is 1. The van der Waals surface area contributed by atoms with Gasteiger partial charge in [-0.3, -0.25) is 14.8 Å². The fourth-order valence-corrected chi connectivity index (χ4v) is 2.96. The van der Waals surface area contributed by atoms with Crippen molar-refractivity contribution < 1.29 is 14.5 Å². The van der Waals surface area contributed by atoms with Gasteiger partial charge in [-0.05, 0) is 12.1 Å². The largest absolute Gasteiger partial charge is 0.456 e. The Morgan fingerprint density at radius 1 is 1.42 bits per heavy atom. The van der Waals surface area contributed by atoms with Gasteiger partial charge < -0.3 is 4.74 Å². The van der Waals surface area contributed by atoms with E-state index in [0.29, 0.717) is 11.3 Å². The maximum Gasteiger partial charge on any atom is 0.331 e. The molecule has 9 heteroatoms. The van der Waals surface area contributed by atoms with E-state index in [1.54, 1.807) is 34.5 Å². The fraction of sp³-hybridized carbons (Fsp3) is 0.118. The van der Waals surface area contributed by atoms with Gasteiger partial charge in [0, 0.05) is 36.3 Å². The Labute approximate surface area is 152 Å². The lowest BCUT2D eigenvalue weighted by molar-refractivity contribution is -0.385. The lowest BCUT2D eigenvalue weighted by atomic mass is 10.1. The second-order valence-corrected chi connectivity index (χ2v) is 6.16. The third-order valence-corrected chi connectivity index (χ3v) is 4.34. The number of aryl methyl sites for hydroxylation is 1. The number of carbonyl (C=O) groups is 1. The Balaban J connectivity index is 1.60. The summed E-state index contributed by atoms with van der Waals surface area (Å²) in [5.74, 6) is -0.598. The molecule has 3 rings (SSSR count). The van der Waals surface area contributed by atoms with E-state index in [1.807, 2.05) is 13.2 Å². The van der Waals surface area contributed by atoms with Crippen LogP contribution >= 0.6 is 11.3 Å². The molecule has 0 saturated heterocycles. The van der Waals surface area contributed by atoms with Crippen LogP contribution in [0.2, 0.25) is 0 Å². The van der Waals surface area contributed by atoms with Crippen molar-refractivity contribution >= 4 is 29.1 Å². The van der Waals surface area contributed by atoms with Gasteiger partial charge in [-0.25, -0.2) is 9.78 Å². The van der Waals surface area contributed by atoms with Gasteiger partial charge in [-0.1, -0.05) is 12.1 Å². The van der Waals surface area contributed by atoms with Crippen LogP contribution in [0.4, 0.5) is 5.69 Å². The molecule has 0 radical (unpaired) electrons. The first kappa shape index (κ1) is 17.5. The topological polar surface area (TPSA) is 100 Å². The van der Waals surface area contributed by atoms with Crippen molar-refractivity contribution in [2.45, 2.75) is 6.61 Å². The number of hydrogen-bond donors (Lipinski definition) is 0. The van der Waals surface area contributed by atoms with Crippen molar-refractivity contribution in [1.82, 2.24) is 14.8 Å². The number of hydrogen-bond acceptors (Lipinski definition) is 7. The number of nitro groups is 1. The molecule has 132 valence electrons. The highest BCUT2D eigenvalue weighted by atomic mass is 32.1. The highest BCUT2D eigenvalue weighted by molar-refractivity contribution is 7.13. The first-order valence-corrected chi connectivity index (χ1v) is 8.42. The first-order valence-electron chi connectivity index (χ1n) is 7.54. The molecule has 0 bridgehead atoms. The average Bonchev–Trinajstić information content (AvgIpc) is 3.27. The number of esters is 1. The number of para-hydroxylation sites is 1. The summed E-state index contributed by atoms with van der Waals surface area (Å²) in [4.78, 5) is 26.7. The molecule has 8 nitrogen and oxygen atoms in total. The van der Waals surface area contributed by atoms with Crippen LogP contribution in [0.3, 0.4) is 0 Å². The SMILES string of the molecule is Cn1cc(-c2nc(COC(=O)C=Cc3ccccc3[N+](=O)[O-])cs2)cn1. The molecule has 0 spiro atoms. The normalized spacial score (nSPS) is 11.0. The van der Waals surface area contributed by atoms with Gasteiger partial charge >= 0.3 is 5.97 Å². The van der Waals surface area contributed by atoms with Crippen molar-refractivity contribution in [2.24, 2.45) is 7.05 Å². The molecule has 0 atom stereocenters. The van der Waals surface area contributed by atoms with Gasteiger partial charge in [-0.2, -0.15) is 5.10 Å². The minimum absolute atomic E-state index is 0.0246. The van der Waals surface area contributed by atoms with Gasteiger partial charge in [0.15, 0.2) is 0 Å². The van der Waals surface area contributed by atoms with Gasteiger partial charge in [0.2, 0.25) is 0 Å². The smallest absolute Gasteiger partial charge is 0.331 e. The van der Waals surface area contributed by atoms with E-state index in [1.165, 1.54) is 23.5 Å². The van der Waals surface area contributed by atoms with Crippen LogP contribution in [-0.4, -0.2) is 25.7 Å². The predicted octanol–water partition coefficient (Wildman–Crippen LogP) is 3.21. The summed E-state index contributed by atoms with van der Waals surface area (Å²) in [6.07, 6.45) is 6.09. The highest BCUT2D eigenvalue weighted by Gasteiger charge is 2.11. The number of ether oxygens (including phenoxy) is 1. The molecule has 0 unspecified atom stereocenters. The molecular weight excluding hydrogens is 356 g/mol. The summed E-state index contributed by atoms with van der Waals surface area (Å²) in [5.41, 5.74) is 1.78. The molecule has 0 saturated carbocycles. The van der Waals surface area contributed by atoms with Gasteiger partial charge in [0.25, 0.3) is 5.69 Å². The molecule has 0 aliphatic rings. The van der Waals surface area contributed by atoms with Crippen molar-refractivity contribution in [1.29, 1.82) is 0 Å².